The Hall–Kier alpha value is -1.59. The van der Waals surface area contributed by atoms with Gasteiger partial charge in [0.05, 0.1) is 6.61 Å². The van der Waals surface area contributed by atoms with Crippen molar-refractivity contribution in [3.63, 3.8) is 0 Å². The van der Waals surface area contributed by atoms with E-state index in [2.05, 4.69) is 5.32 Å². The van der Waals surface area contributed by atoms with E-state index < -0.39 is 31.4 Å². The van der Waals surface area contributed by atoms with Crippen molar-refractivity contribution in [2.45, 2.75) is 44.9 Å². The van der Waals surface area contributed by atoms with Crippen LogP contribution in [0.5, 0.6) is 0 Å². The van der Waals surface area contributed by atoms with E-state index in [-0.39, 0.29) is 13.0 Å². The molecule has 0 atom stereocenters. The van der Waals surface area contributed by atoms with Gasteiger partial charge in [-0.05, 0) is 12.8 Å². The van der Waals surface area contributed by atoms with Gasteiger partial charge < -0.3 is 9.64 Å². The molecule has 0 aromatic carbocycles. The molecule has 0 aliphatic carbocycles. The van der Waals surface area contributed by atoms with Crippen LogP contribution in [0.15, 0.2) is 0 Å². The Balaban J connectivity index is 2.74. The van der Waals surface area contributed by atoms with Crippen molar-refractivity contribution < 1.29 is 18.4 Å². The zero-order valence-electron chi connectivity index (χ0n) is 14.0. The SMILES string of the molecule is [2H]C([2H])([2H])N1CC(=O)OCCCCCCCCC(=O)NC1=N. The summed E-state index contributed by atoms with van der Waals surface area (Å²) in [6, 6.07) is 0. The molecule has 2 N–H and O–H groups in total. The van der Waals surface area contributed by atoms with Gasteiger partial charge in [0, 0.05) is 17.5 Å². The molecular weight excluding hydrogens is 246 g/mol. The summed E-state index contributed by atoms with van der Waals surface area (Å²) in [6.45, 7) is -3.04. The van der Waals surface area contributed by atoms with Crippen molar-refractivity contribution in [1.82, 2.24) is 10.2 Å². The molecule has 1 saturated heterocycles. The molecule has 1 aliphatic heterocycles. The molecule has 0 bridgehead atoms. The Morgan fingerprint density at radius 3 is 2.63 bits per heavy atom. The van der Waals surface area contributed by atoms with Crippen LogP contribution in [-0.2, 0) is 14.3 Å². The van der Waals surface area contributed by atoms with Crippen LogP contribution >= 0.6 is 0 Å². The first kappa shape index (κ1) is 11.3. The molecule has 0 aromatic heterocycles. The number of nitrogens with zero attached hydrogens (tertiary/aromatic N) is 1. The summed E-state index contributed by atoms with van der Waals surface area (Å²) in [5, 5.41) is 9.95. The zero-order valence-corrected chi connectivity index (χ0v) is 11.0. The average molecular weight is 272 g/mol. The van der Waals surface area contributed by atoms with Gasteiger partial charge >= 0.3 is 5.97 Å². The maximum absolute atomic E-state index is 11.7. The van der Waals surface area contributed by atoms with Gasteiger partial charge in [-0.1, -0.05) is 25.7 Å². The van der Waals surface area contributed by atoms with Crippen LogP contribution in [0.4, 0.5) is 0 Å². The summed E-state index contributed by atoms with van der Waals surface area (Å²) in [6.07, 6.45) is 5.51. The van der Waals surface area contributed by atoms with Crippen LogP contribution in [0, 0.1) is 5.41 Å². The average Bonchev–Trinajstić information content (AvgIpc) is 2.41. The van der Waals surface area contributed by atoms with E-state index in [1.165, 1.54) is 0 Å². The van der Waals surface area contributed by atoms with Gasteiger partial charge in [0.2, 0.25) is 5.91 Å². The Morgan fingerprint density at radius 1 is 1.21 bits per heavy atom. The van der Waals surface area contributed by atoms with E-state index in [1.54, 1.807) is 0 Å². The molecule has 1 heterocycles. The Morgan fingerprint density at radius 2 is 1.89 bits per heavy atom. The number of rotatable bonds is 0. The first-order chi connectivity index (χ1) is 10.3. The van der Waals surface area contributed by atoms with Crippen molar-refractivity contribution in [2.24, 2.45) is 0 Å². The monoisotopic (exact) mass is 272 g/mol. The zero-order chi connectivity index (χ0) is 16.6. The maximum atomic E-state index is 11.7. The quantitative estimate of drug-likeness (QED) is 0.650. The number of cyclic esters (lactones) is 1. The predicted octanol–water partition coefficient (Wildman–Crippen LogP) is 1.26. The maximum Gasteiger partial charge on any atom is 0.325 e. The number of nitrogens with one attached hydrogen (secondary N) is 2. The van der Waals surface area contributed by atoms with Gasteiger partial charge in [-0.25, -0.2) is 0 Å². The van der Waals surface area contributed by atoms with Crippen LogP contribution in [0.25, 0.3) is 0 Å². The van der Waals surface area contributed by atoms with E-state index in [4.69, 9.17) is 14.3 Å². The van der Waals surface area contributed by atoms with Crippen molar-refractivity contribution in [2.75, 3.05) is 20.1 Å². The van der Waals surface area contributed by atoms with Crippen LogP contribution < -0.4 is 5.32 Å². The summed E-state index contributed by atoms with van der Waals surface area (Å²) in [4.78, 5) is 24.0. The minimum Gasteiger partial charge on any atom is -0.464 e. The Kier molecular flexibility index (Phi) is 5.04. The summed E-state index contributed by atoms with van der Waals surface area (Å²) >= 11 is 0. The lowest BCUT2D eigenvalue weighted by molar-refractivity contribution is -0.144. The van der Waals surface area contributed by atoms with E-state index >= 15 is 0 Å². The molecule has 0 spiro atoms. The number of hydrogen-bond donors (Lipinski definition) is 2. The summed E-state index contributed by atoms with van der Waals surface area (Å²) in [7, 11) is 0. The number of esters is 1. The number of carbonyl (C=O) groups excluding carboxylic acids is 2. The summed E-state index contributed by atoms with van der Waals surface area (Å²) < 4.78 is 27.1. The van der Waals surface area contributed by atoms with Crippen molar-refractivity contribution in [3.8, 4) is 0 Å². The van der Waals surface area contributed by atoms with Gasteiger partial charge in [0.1, 0.15) is 6.54 Å². The second kappa shape index (κ2) is 8.50. The molecule has 0 radical (unpaired) electrons. The van der Waals surface area contributed by atoms with Crippen molar-refractivity contribution >= 4 is 17.8 Å². The molecule has 0 aromatic rings. The number of amides is 1. The van der Waals surface area contributed by atoms with Crippen molar-refractivity contribution in [1.29, 1.82) is 5.41 Å². The fraction of sp³-hybridized carbons (Fsp3) is 0.769. The third-order valence-electron chi connectivity index (χ3n) is 2.88. The highest BCUT2D eigenvalue weighted by Crippen LogP contribution is 2.07. The molecule has 1 aliphatic rings. The number of likely N-dealkylation sites (N-methyl/N-ethyl adjacent to an activating group) is 1. The second-order valence-corrected chi connectivity index (χ2v) is 4.57. The van der Waals surface area contributed by atoms with Crippen LogP contribution in [-0.4, -0.2) is 42.9 Å². The van der Waals surface area contributed by atoms with Gasteiger partial charge in [0.25, 0.3) is 0 Å². The molecule has 19 heavy (non-hydrogen) atoms. The summed E-state index contributed by atoms with van der Waals surface area (Å²) in [5.41, 5.74) is 0. The Bertz CT molecular complexity index is 413. The van der Waals surface area contributed by atoms with Gasteiger partial charge in [-0.15, -0.1) is 0 Å². The molecule has 6 nitrogen and oxygen atoms in total. The molecule has 1 rings (SSSR count). The smallest absolute Gasteiger partial charge is 0.325 e. The van der Waals surface area contributed by atoms with Gasteiger partial charge in [0.15, 0.2) is 5.96 Å². The first-order valence-electron chi connectivity index (χ1n) is 8.12. The molecule has 0 unspecified atom stereocenters. The van der Waals surface area contributed by atoms with E-state index in [0.717, 1.165) is 32.1 Å². The highest BCUT2D eigenvalue weighted by Gasteiger charge is 2.13. The highest BCUT2D eigenvalue weighted by atomic mass is 16.5. The van der Waals surface area contributed by atoms with E-state index in [1.807, 2.05) is 0 Å². The third kappa shape index (κ3) is 6.79. The molecular formula is C13H23N3O3. The minimum atomic E-state index is -2.70. The topological polar surface area (TPSA) is 82.5 Å². The number of hydrogen-bond acceptors (Lipinski definition) is 4. The summed E-state index contributed by atoms with van der Waals surface area (Å²) in [5.74, 6) is -1.73. The van der Waals surface area contributed by atoms with Crippen LogP contribution in [0.1, 0.15) is 49.1 Å². The van der Waals surface area contributed by atoms with Gasteiger partial charge in [-0.2, -0.15) is 0 Å². The molecule has 108 valence electrons. The first-order valence-corrected chi connectivity index (χ1v) is 6.62. The fourth-order valence-electron chi connectivity index (χ4n) is 1.80. The molecule has 0 saturated carbocycles. The standard InChI is InChI=1S/C13H23N3O3/c1-16-10-12(18)19-9-7-5-3-2-4-6-8-11(17)15-13(16)14/h2-10H2,1H3,(H2,14,15,17)/i1D3. The lowest BCUT2D eigenvalue weighted by Crippen LogP contribution is -2.43. The molecule has 1 amide bonds. The molecule has 6 heteroatoms. The lowest BCUT2D eigenvalue weighted by Gasteiger charge is -2.19. The Labute approximate surface area is 118 Å². The normalized spacial score (nSPS) is 24.1. The predicted molar refractivity (Wildman–Crippen MR) is 71.8 cm³/mol. The van der Waals surface area contributed by atoms with Crippen molar-refractivity contribution in [3.05, 3.63) is 0 Å². The second-order valence-electron chi connectivity index (χ2n) is 4.57. The lowest BCUT2D eigenvalue weighted by atomic mass is 10.1. The molecule has 1 fully saturated rings. The van der Waals surface area contributed by atoms with Crippen LogP contribution in [0.2, 0.25) is 0 Å². The largest absolute Gasteiger partial charge is 0.464 e. The fourth-order valence-corrected chi connectivity index (χ4v) is 1.80. The third-order valence-corrected chi connectivity index (χ3v) is 2.88. The number of carbonyl (C=O) groups is 2. The van der Waals surface area contributed by atoms with Crippen LogP contribution in [0.3, 0.4) is 0 Å². The number of guanidine groups is 1. The minimum absolute atomic E-state index is 0.238. The van der Waals surface area contributed by atoms with E-state index in [9.17, 15) is 9.59 Å². The van der Waals surface area contributed by atoms with Gasteiger partial charge in [-0.3, -0.25) is 20.3 Å². The highest BCUT2D eigenvalue weighted by molar-refractivity contribution is 5.96. The van der Waals surface area contributed by atoms with E-state index in [0.29, 0.717) is 11.3 Å². The number of ether oxygens (including phenoxy) is 1.